The Balaban J connectivity index is 2.08. The molecule has 1 aliphatic carbocycles. The third-order valence-electron chi connectivity index (χ3n) is 2.69. The van der Waals surface area contributed by atoms with E-state index in [9.17, 15) is 4.79 Å². The first-order valence-electron chi connectivity index (χ1n) is 6.64. The maximum atomic E-state index is 12.1. The van der Waals surface area contributed by atoms with Crippen molar-refractivity contribution >= 4 is 28.7 Å². The van der Waals surface area contributed by atoms with E-state index >= 15 is 0 Å². The molecule has 0 unspecified atom stereocenters. The summed E-state index contributed by atoms with van der Waals surface area (Å²) in [6, 6.07) is 1.66. The number of hydrogen-bond acceptors (Lipinski definition) is 4. The first-order valence-corrected chi connectivity index (χ1v) is 7.52. The molecule has 0 amide bonds. The molecule has 1 heterocycles. The SMILES string of the molecule is O=c1nc(OC/C=C/COI)ccn1C1=C/C=C\C=C/C=C\1. The van der Waals surface area contributed by atoms with E-state index in [0.717, 1.165) is 5.70 Å². The van der Waals surface area contributed by atoms with Crippen molar-refractivity contribution in [3.63, 3.8) is 0 Å². The Labute approximate surface area is 142 Å². The van der Waals surface area contributed by atoms with Gasteiger partial charge in [0.2, 0.25) is 5.88 Å². The fraction of sp³-hybridized carbons (Fsp3) is 0.125. The van der Waals surface area contributed by atoms with Gasteiger partial charge in [0.1, 0.15) is 29.6 Å². The van der Waals surface area contributed by atoms with Crippen LogP contribution in [0.15, 0.2) is 71.7 Å². The van der Waals surface area contributed by atoms with Crippen LogP contribution < -0.4 is 10.4 Å². The molecule has 0 N–H and O–H groups in total. The van der Waals surface area contributed by atoms with Crippen molar-refractivity contribution in [2.75, 3.05) is 13.2 Å². The normalized spacial score (nSPS) is 20.7. The summed E-state index contributed by atoms with van der Waals surface area (Å²) in [5.74, 6) is 0.298. The van der Waals surface area contributed by atoms with Gasteiger partial charge in [0.25, 0.3) is 0 Å². The molecular weight excluding hydrogens is 395 g/mol. The van der Waals surface area contributed by atoms with E-state index in [4.69, 9.17) is 7.80 Å². The summed E-state index contributed by atoms with van der Waals surface area (Å²) >= 11 is 1.82. The predicted molar refractivity (Wildman–Crippen MR) is 94.8 cm³/mol. The Morgan fingerprint density at radius 2 is 1.91 bits per heavy atom. The van der Waals surface area contributed by atoms with Gasteiger partial charge in [-0.1, -0.05) is 36.5 Å². The number of rotatable bonds is 6. The highest BCUT2D eigenvalue weighted by atomic mass is 127. The maximum Gasteiger partial charge on any atom is 0.355 e. The summed E-state index contributed by atoms with van der Waals surface area (Å²) < 4.78 is 11.7. The van der Waals surface area contributed by atoms with E-state index in [1.54, 1.807) is 12.3 Å². The lowest BCUT2D eigenvalue weighted by Gasteiger charge is -2.07. The molecule has 0 spiro atoms. The van der Waals surface area contributed by atoms with Crippen LogP contribution in [-0.2, 0) is 3.07 Å². The summed E-state index contributed by atoms with van der Waals surface area (Å²) in [7, 11) is 0. The van der Waals surface area contributed by atoms with Crippen LogP contribution in [0.5, 0.6) is 5.88 Å². The third-order valence-corrected chi connectivity index (χ3v) is 3.05. The van der Waals surface area contributed by atoms with Gasteiger partial charge < -0.3 is 7.80 Å². The van der Waals surface area contributed by atoms with Gasteiger partial charge >= 0.3 is 5.69 Å². The predicted octanol–water partition coefficient (Wildman–Crippen LogP) is 3.07. The zero-order valence-corrected chi connectivity index (χ0v) is 13.9. The highest BCUT2D eigenvalue weighted by Crippen LogP contribution is 2.08. The van der Waals surface area contributed by atoms with Gasteiger partial charge in [-0.15, -0.1) is 0 Å². The minimum Gasteiger partial charge on any atom is -0.473 e. The zero-order chi connectivity index (χ0) is 15.6. The summed E-state index contributed by atoms with van der Waals surface area (Å²) in [6.07, 6.45) is 18.4. The molecule has 114 valence electrons. The standard InChI is InChI=1S/C16H15IN2O3/c17-22-13-7-6-12-21-15-10-11-19(16(20)18-15)14-8-4-2-1-3-5-9-14/h1-11H,12-13H2/b2-1-,3-1?,4-2?,5-3-,7-6+,8-4-,9-5?,14-8?,14-9+. The van der Waals surface area contributed by atoms with Crippen molar-refractivity contribution in [3.8, 4) is 5.88 Å². The van der Waals surface area contributed by atoms with Gasteiger partial charge in [-0.3, -0.25) is 4.57 Å². The van der Waals surface area contributed by atoms with E-state index in [2.05, 4.69) is 4.98 Å². The number of nitrogens with zero attached hydrogens (tertiary/aromatic N) is 2. The molecule has 0 fully saturated rings. The van der Waals surface area contributed by atoms with Gasteiger partial charge in [0.05, 0.1) is 12.3 Å². The number of allylic oxidation sites excluding steroid dienone is 8. The molecule has 0 aromatic carbocycles. The summed E-state index contributed by atoms with van der Waals surface area (Å²) in [5, 5.41) is 0. The van der Waals surface area contributed by atoms with Gasteiger partial charge in [-0.05, 0) is 18.2 Å². The van der Waals surface area contributed by atoms with Crippen LogP contribution in [0.25, 0.3) is 5.70 Å². The smallest absolute Gasteiger partial charge is 0.355 e. The Morgan fingerprint density at radius 3 is 2.73 bits per heavy atom. The topological polar surface area (TPSA) is 53.4 Å². The molecule has 0 saturated heterocycles. The minimum atomic E-state index is -0.383. The average Bonchev–Trinajstić information content (AvgIpc) is 2.48. The lowest BCUT2D eigenvalue weighted by molar-refractivity contribution is 0.344. The highest BCUT2D eigenvalue weighted by molar-refractivity contribution is 14.1. The summed E-state index contributed by atoms with van der Waals surface area (Å²) in [5.41, 5.74) is 0.356. The van der Waals surface area contributed by atoms with E-state index in [0.29, 0.717) is 19.1 Å². The van der Waals surface area contributed by atoms with Crippen LogP contribution in [0.4, 0.5) is 0 Å². The number of ether oxygens (including phenoxy) is 1. The second-order valence-corrected chi connectivity index (χ2v) is 4.82. The van der Waals surface area contributed by atoms with Crippen LogP contribution in [0.1, 0.15) is 0 Å². The molecule has 1 aromatic rings. The fourth-order valence-electron chi connectivity index (χ4n) is 1.69. The van der Waals surface area contributed by atoms with Gasteiger partial charge in [0.15, 0.2) is 0 Å². The maximum absolute atomic E-state index is 12.1. The molecule has 1 aromatic heterocycles. The van der Waals surface area contributed by atoms with E-state index in [1.165, 1.54) is 4.57 Å². The Kier molecular flexibility index (Phi) is 6.85. The van der Waals surface area contributed by atoms with E-state index < -0.39 is 0 Å². The van der Waals surface area contributed by atoms with Crippen LogP contribution >= 0.6 is 23.0 Å². The number of halogens is 1. The molecular formula is C16H15IN2O3. The van der Waals surface area contributed by atoms with E-state index in [-0.39, 0.29) is 5.69 Å². The monoisotopic (exact) mass is 410 g/mol. The second kappa shape index (κ2) is 9.16. The van der Waals surface area contributed by atoms with Crippen LogP contribution in [-0.4, -0.2) is 22.8 Å². The van der Waals surface area contributed by atoms with Crippen molar-refractivity contribution in [3.05, 3.63) is 77.4 Å². The first kappa shape index (κ1) is 16.4. The van der Waals surface area contributed by atoms with Crippen LogP contribution in [0.2, 0.25) is 0 Å². The fourth-order valence-corrected chi connectivity index (χ4v) is 1.89. The zero-order valence-electron chi connectivity index (χ0n) is 11.8. The number of aromatic nitrogens is 2. The Morgan fingerprint density at radius 1 is 1.14 bits per heavy atom. The summed E-state index contributed by atoms with van der Waals surface area (Å²) in [4.78, 5) is 16.0. The first-order chi connectivity index (χ1) is 10.8. The lowest BCUT2D eigenvalue weighted by Crippen LogP contribution is -2.21. The Hall–Kier alpha value is -1.93. The van der Waals surface area contributed by atoms with Crippen molar-refractivity contribution in [1.82, 2.24) is 9.55 Å². The second-order valence-electron chi connectivity index (χ2n) is 4.20. The molecule has 0 radical (unpaired) electrons. The van der Waals surface area contributed by atoms with Gasteiger partial charge in [0, 0.05) is 12.3 Å². The van der Waals surface area contributed by atoms with Crippen molar-refractivity contribution < 1.29 is 7.80 Å². The van der Waals surface area contributed by atoms with Crippen molar-refractivity contribution in [2.24, 2.45) is 0 Å². The molecule has 22 heavy (non-hydrogen) atoms. The third kappa shape index (κ3) is 5.12. The highest BCUT2D eigenvalue weighted by Gasteiger charge is 2.03. The molecule has 2 rings (SSSR count). The minimum absolute atomic E-state index is 0.298. The number of hydrogen-bond donors (Lipinski definition) is 0. The van der Waals surface area contributed by atoms with E-state index in [1.807, 2.05) is 77.7 Å². The Bertz CT molecular complexity index is 700. The van der Waals surface area contributed by atoms with Gasteiger partial charge in [-0.2, -0.15) is 4.98 Å². The van der Waals surface area contributed by atoms with Crippen LogP contribution in [0.3, 0.4) is 0 Å². The summed E-state index contributed by atoms with van der Waals surface area (Å²) in [6.45, 7) is 0.855. The molecule has 1 aliphatic rings. The van der Waals surface area contributed by atoms with Gasteiger partial charge in [-0.25, -0.2) is 4.79 Å². The van der Waals surface area contributed by atoms with Crippen molar-refractivity contribution in [1.29, 1.82) is 0 Å². The van der Waals surface area contributed by atoms with Crippen molar-refractivity contribution in [2.45, 2.75) is 0 Å². The quantitative estimate of drug-likeness (QED) is 0.535. The lowest BCUT2D eigenvalue weighted by atomic mass is 10.2. The molecule has 0 aliphatic heterocycles. The van der Waals surface area contributed by atoms with Crippen LogP contribution in [0, 0.1) is 0 Å². The molecule has 0 saturated carbocycles. The average molecular weight is 410 g/mol. The molecule has 6 heteroatoms. The molecule has 5 nitrogen and oxygen atoms in total. The largest absolute Gasteiger partial charge is 0.473 e. The molecule has 0 atom stereocenters. The molecule has 0 bridgehead atoms.